The summed E-state index contributed by atoms with van der Waals surface area (Å²) in [6.45, 7) is 0.451. The van der Waals surface area contributed by atoms with Crippen molar-refractivity contribution in [3.05, 3.63) is 82.9 Å². The van der Waals surface area contributed by atoms with E-state index in [0.29, 0.717) is 30.1 Å². The highest BCUT2D eigenvalue weighted by Gasteiger charge is 2.34. The number of rotatable bonds is 4. The van der Waals surface area contributed by atoms with E-state index < -0.39 is 0 Å². The van der Waals surface area contributed by atoms with E-state index in [0.717, 1.165) is 16.8 Å². The fourth-order valence-corrected chi connectivity index (χ4v) is 4.03. The lowest BCUT2D eigenvalue weighted by molar-refractivity contribution is -0.117. The molecular formula is C23H20N4O3. The van der Waals surface area contributed by atoms with Crippen LogP contribution >= 0.6 is 0 Å². The van der Waals surface area contributed by atoms with E-state index in [9.17, 15) is 9.59 Å². The summed E-state index contributed by atoms with van der Waals surface area (Å²) in [5.41, 5.74) is 3.55. The van der Waals surface area contributed by atoms with Gasteiger partial charge in [-0.3, -0.25) is 14.7 Å². The first kappa shape index (κ1) is 18.2. The lowest BCUT2D eigenvalue weighted by Gasteiger charge is -2.19. The average molecular weight is 400 g/mol. The van der Waals surface area contributed by atoms with Crippen LogP contribution in [0, 0.1) is 0 Å². The van der Waals surface area contributed by atoms with Crippen molar-refractivity contribution in [2.75, 3.05) is 18.6 Å². The van der Waals surface area contributed by atoms with E-state index in [2.05, 4.69) is 5.10 Å². The molecule has 5 rings (SSSR count). The zero-order valence-corrected chi connectivity index (χ0v) is 16.4. The molecule has 30 heavy (non-hydrogen) atoms. The highest BCUT2D eigenvalue weighted by atomic mass is 16.5. The van der Waals surface area contributed by atoms with Crippen LogP contribution in [0.4, 0.5) is 5.69 Å². The molecule has 4 aromatic rings. The van der Waals surface area contributed by atoms with Gasteiger partial charge < -0.3 is 9.64 Å². The van der Waals surface area contributed by atoms with Gasteiger partial charge >= 0.3 is 0 Å². The number of methoxy groups -OCH3 is 1. The molecular weight excluding hydrogens is 380 g/mol. The topological polar surface area (TPSA) is 79.7 Å². The standard InChI is InChI=1S/C23H20N4O3/c1-30-20-10-6-5-9-19(20)26-14-16(11-21(26)28)18-12-22(29)27-23(25-18)17(13-24-27)15-7-3-2-4-8-15/h2-10,12-13,16,24H,11,14H2,1H3. The molecule has 0 bridgehead atoms. The van der Waals surface area contributed by atoms with Crippen molar-refractivity contribution in [2.45, 2.75) is 12.3 Å². The quantitative estimate of drug-likeness (QED) is 0.570. The molecule has 3 heterocycles. The van der Waals surface area contributed by atoms with E-state index >= 15 is 0 Å². The second-order valence-electron chi connectivity index (χ2n) is 7.31. The smallest absolute Gasteiger partial charge is 0.272 e. The predicted octanol–water partition coefficient (Wildman–Crippen LogP) is 3.22. The lowest BCUT2D eigenvalue weighted by atomic mass is 10.0. The van der Waals surface area contributed by atoms with Gasteiger partial charge in [0.25, 0.3) is 5.56 Å². The third-order valence-corrected chi connectivity index (χ3v) is 5.52. The van der Waals surface area contributed by atoms with Crippen LogP contribution in [-0.2, 0) is 4.79 Å². The molecule has 150 valence electrons. The predicted molar refractivity (Wildman–Crippen MR) is 114 cm³/mol. The van der Waals surface area contributed by atoms with Gasteiger partial charge in [-0.1, -0.05) is 42.5 Å². The monoisotopic (exact) mass is 400 g/mol. The van der Waals surface area contributed by atoms with Crippen LogP contribution in [0.2, 0.25) is 0 Å². The van der Waals surface area contributed by atoms with Gasteiger partial charge in [0.1, 0.15) is 5.75 Å². The molecule has 2 aromatic heterocycles. The second kappa shape index (κ2) is 7.18. The number of nitrogens with zero attached hydrogens (tertiary/aromatic N) is 3. The summed E-state index contributed by atoms with van der Waals surface area (Å²) >= 11 is 0. The maximum absolute atomic E-state index is 12.8. The summed E-state index contributed by atoms with van der Waals surface area (Å²) in [6, 6.07) is 18.7. The highest BCUT2D eigenvalue weighted by molar-refractivity contribution is 5.97. The average Bonchev–Trinajstić information content (AvgIpc) is 3.38. The Morgan fingerprint density at radius 1 is 1.07 bits per heavy atom. The fraction of sp³-hybridized carbons (Fsp3) is 0.174. The molecule has 1 aliphatic rings. The molecule has 7 heteroatoms. The van der Waals surface area contributed by atoms with Gasteiger partial charge in [0.2, 0.25) is 5.91 Å². The lowest BCUT2D eigenvalue weighted by Crippen LogP contribution is -2.25. The number of carbonyl (C=O) groups excluding carboxylic acids is 1. The number of amides is 1. The van der Waals surface area contributed by atoms with Crippen molar-refractivity contribution in [3.63, 3.8) is 0 Å². The number of para-hydroxylation sites is 2. The van der Waals surface area contributed by atoms with Crippen LogP contribution in [0.3, 0.4) is 0 Å². The first-order valence-corrected chi connectivity index (χ1v) is 9.75. The first-order valence-electron chi connectivity index (χ1n) is 9.75. The largest absolute Gasteiger partial charge is 0.495 e. The zero-order valence-electron chi connectivity index (χ0n) is 16.4. The molecule has 1 fully saturated rings. The number of aromatic amines is 1. The second-order valence-corrected chi connectivity index (χ2v) is 7.31. The molecule has 0 radical (unpaired) electrons. The third kappa shape index (κ3) is 2.95. The van der Waals surface area contributed by atoms with Gasteiger partial charge in [-0.15, -0.1) is 0 Å². The number of hydrogen-bond acceptors (Lipinski definition) is 4. The van der Waals surface area contributed by atoms with Gasteiger partial charge in [-0.05, 0) is 17.7 Å². The summed E-state index contributed by atoms with van der Waals surface area (Å²) in [7, 11) is 1.59. The summed E-state index contributed by atoms with van der Waals surface area (Å²) in [6.07, 6.45) is 2.08. The number of aromatic nitrogens is 3. The Kier molecular flexibility index (Phi) is 4.35. The Bertz CT molecular complexity index is 1290. The van der Waals surface area contributed by atoms with Gasteiger partial charge in [-0.2, -0.15) is 0 Å². The summed E-state index contributed by atoms with van der Waals surface area (Å²) in [5.74, 6) is 0.467. The van der Waals surface area contributed by atoms with Crippen molar-refractivity contribution < 1.29 is 9.53 Å². The molecule has 1 atom stereocenters. The first-order chi connectivity index (χ1) is 14.7. The van der Waals surface area contributed by atoms with Crippen LogP contribution in [0.15, 0.2) is 71.7 Å². The van der Waals surface area contributed by atoms with Crippen molar-refractivity contribution in [2.24, 2.45) is 0 Å². The molecule has 0 spiro atoms. The van der Waals surface area contributed by atoms with Gasteiger partial charge in [-0.25, -0.2) is 9.50 Å². The number of benzene rings is 2. The van der Waals surface area contributed by atoms with E-state index in [1.54, 1.807) is 18.2 Å². The van der Waals surface area contributed by atoms with E-state index in [4.69, 9.17) is 9.72 Å². The minimum absolute atomic E-state index is 0.0103. The minimum Gasteiger partial charge on any atom is -0.495 e. The number of carbonyl (C=O) groups is 1. The number of H-pyrrole nitrogens is 1. The molecule has 1 saturated heterocycles. The molecule has 2 aromatic carbocycles. The van der Waals surface area contributed by atoms with Gasteiger partial charge in [0, 0.05) is 36.7 Å². The third-order valence-electron chi connectivity index (χ3n) is 5.52. The summed E-state index contributed by atoms with van der Waals surface area (Å²) in [5, 5.41) is 2.98. The van der Waals surface area contributed by atoms with Crippen molar-refractivity contribution in [1.29, 1.82) is 0 Å². The Labute approximate surface area is 172 Å². The molecule has 1 N–H and O–H groups in total. The molecule has 1 amide bonds. The number of anilines is 1. The van der Waals surface area contributed by atoms with Crippen LogP contribution in [0.25, 0.3) is 16.8 Å². The molecule has 1 aliphatic heterocycles. The van der Waals surface area contributed by atoms with Crippen LogP contribution in [-0.4, -0.2) is 34.2 Å². The van der Waals surface area contributed by atoms with Crippen molar-refractivity contribution in [1.82, 2.24) is 14.6 Å². The van der Waals surface area contributed by atoms with Crippen LogP contribution < -0.4 is 15.2 Å². The van der Waals surface area contributed by atoms with Gasteiger partial charge in [0.15, 0.2) is 5.65 Å². The fourth-order valence-electron chi connectivity index (χ4n) is 4.03. The normalized spacial score (nSPS) is 16.4. The van der Waals surface area contributed by atoms with E-state index in [-0.39, 0.29) is 17.4 Å². The number of nitrogens with one attached hydrogen (secondary N) is 1. The number of ether oxygens (including phenoxy) is 1. The Morgan fingerprint density at radius 2 is 1.83 bits per heavy atom. The molecule has 0 aliphatic carbocycles. The van der Waals surface area contributed by atoms with Crippen molar-refractivity contribution >= 4 is 17.2 Å². The molecule has 0 saturated carbocycles. The van der Waals surface area contributed by atoms with E-state index in [1.807, 2.05) is 54.6 Å². The summed E-state index contributed by atoms with van der Waals surface area (Å²) < 4.78 is 6.84. The SMILES string of the molecule is COc1ccccc1N1CC(c2cc(=O)n3[nH]cc(-c4ccccc4)c3n2)CC1=O. The van der Waals surface area contributed by atoms with Crippen LogP contribution in [0.5, 0.6) is 5.75 Å². The van der Waals surface area contributed by atoms with Crippen LogP contribution in [0.1, 0.15) is 18.0 Å². The maximum Gasteiger partial charge on any atom is 0.272 e. The Hall–Kier alpha value is -3.87. The highest BCUT2D eigenvalue weighted by Crippen LogP contribution is 2.36. The summed E-state index contributed by atoms with van der Waals surface area (Å²) in [4.78, 5) is 32.0. The van der Waals surface area contributed by atoms with Crippen molar-refractivity contribution in [3.8, 4) is 16.9 Å². The zero-order chi connectivity index (χ0) is 20.7. The number of hydrogen-bond donors (Lipinski definition) is 1. The molecule has 7 nitrogen and oxygen atoms in total. The maximum atomic E-state index is 12.8. The Morgan fingerprint density at radius 3 is 2.63 bits per heavy atom. The van der Waals surface area contributed by atoms with E-state index in [1.165, 1.54) is 10.6 Å². The minimum atomic E-state index is -0.194. The van der Waals surface area contributed by atoms with Gasteiger partial charge in [0.05, 0.1) is 18.5 Å². The Balaban J connectivity index is 1.54. The molecule has 1 unspecified atom stereocenters. The number of fused-ring (bicyclic) bond motifs is 1.